The first-order chi connectivity index (χ1) is 3.88. The Morgan fingerprint density at radius 3 is 2.88 bits per heavy atom. The highest BCUT2D eigenvalue weighted by Crippen LogP contribution is 2.49. The van der Waals surface area contributed by atoms with Gasteiger partial charge in [0, 0.05) is 9.79 Å². The van der Waals surface area contributed by atoms with Gasteiger partial charge in [0.1, 0.15) is 0 Å². The van der Waals surface area contributed by atoms with Crippen molar-refractivity contribution in [1.82, 2.24) is 0 Å². The Balaban J connectivity index is 2.70. The van der Waals surface area contributed by atoms with Crippen LogP contribution in [0.3, 0.4) is 0 Å². The van der Waals surface area contributed by atoms with Crippen LogP contribution < -0.4 is 0 Å². The summed E-state index contributed by atoms with van der Waals surface area (Å²) in [5.41, 5.74) is 1.42. The van der Waals surface area contributed by atoms with Gasteiger partial charge in [-0.25, -0.2) is 0 Å². The quantitative estimate of drug-likeness (QED) is 0.484. The van der Waals surface area contributed by atoms with Crippen LogP contribution in [0.1, 0.15) is 5.56 Å². The van der Waals surface area contributed by atoms with E-state index in [4.69, 9.17) is 0 Å². The molecule has 1 heteroatoms. The van der Waals surface area contributed by atoms with Crippen LogP contribution in [0.5, 0.6) is 0 Å². The molecule has 1 aromatic carbocycles. The van der Waals surface area contributed by atoms with Gasteiger partial charge in [0.05, 0.1) is 0 Å². The van der Waals surface area contributed by atoms with Crippen molar-refractivity contribution >= 4 is 11.8 Å². The molecular formula is C7H6S. The maximum atomic E-state index is 2.16. The lowest BCUT2D eigenvalue weighted by Crippen LogP contribution is -1.62. The Morgan fingerprint density at radius 1 is 1.38 bits per heavy atom. The van der Waals surface area contributed by atoms with Crippen molar-refractivity contribution in [3.8, 4) is 0 Å². The molecule has 0 spiro atoms. The monoisotopic (exact) mass is 122 g/mol. The molecule has 0 nitrogen and oxygen atoms in total. The lowest BCUT2D eigenvalue weighted by atomic mass is 10.2. The van der Waals surface area contributed by atoms with Crippen LogP contribution in [-0.4, -0.2) is 0 Å². The van der Waals surface area contributed by atoms with Gasteiger partial charge in [0.2, 0.25) is 0 Å². The van der Waals surface area contributed by atoms with Gasteiger partial charge >= 0.3 is 0 Å². The first-order valence-corrected chi connectivity index (χ1v) is 3.47. The van der Waals surface area contributed by atoms with Crippen LogP contribution in [0.15, 0.2) is 28.0 Å². The van der Waals surface area contributed by atoms with E-state index in [9.17, 15) is 0 Å². The summed E-state index contributed by atoms with van der Waals surface area (Å²) in [6.07, 6.45) is 0. The number of rotatable bonds is 0. The van der Waals surface area contributed by atoms with E-state index in [0.717, 1.165) is 0 Å². The molecule has 0 aliphatic carbocycles. The van der Waals surface area contributed by atoms with Gasteiger partial charge in [-0.2, -0.15) is 0 Å². The van der Waals surface area contributed by atoms with Gasteiger partial charge in [-0.15, -0.1) is 0 Å². The Labute approximate surface area is 52.9 Å². The topological polar surface area (TPSA) is 0 Å². The SMILES string of the molecule is Cc1cccc2c1S2. The second-order valence-corrected chi connectivity index (χ2v) is 3.06. The highest BCUT2D eigenvalue weighted by molar-refractivity contribution is 8.05. The zero-order valence-electron chi connectivity index (χ0n) is 4.64. The summed E-state index contributed by atoms with van der Waals surface area (Å²) in [7, 11) is 0. The summed E-state index contributed by atoms with van der Waals surface area (Å²) in [5, 5.41) is 0. The van der Waals surface area contributed by atoms with E-state index in [1.165, 1.54) is 15.4 Å². The minimum absolute atomic E-state index is 1.42. The fourth-order valence-electron chi connectivity index (χ4n) is 0.825. The second-order valence-electron chi connectivity index (χ2n) is 2.00. The summed E-state index contributed by atoms with van der Waals surface area (Å²) in [6, 6.07) is 6.42. The van der Waals surface area contributed by atoms with E-state index in [0.29, 0.717) is 0 Å². The Morgan fingerprint density at radius 2 is 2.25 bits per heavy atom. The molecule has 0 unspecified atom stereocenters. The van der Waals surface area contributed by atoms with Crippen LogP contribution in [-0.2, 0) is 0 Å². The highest BCUT2D eigenvalue weighted by atomic mass is 32.2. The zero-order chi connectivity index (χ0) is 5.56. The Bertz CT molecular complexity index is 228. The zero-order valence-corrected chi connectivity index (χ0v) is 5.46. The largest absolute Gasteiger partial charge is 0.0874 e. The number of fused-ring (bicyclic) bond motifs is 1. The molecule has 1 heterocycles. The maximum absolute atomic E-state index is 2.16. The minimum Gasteiger partial charge on any atom is -0.0874 e. The molecule has 1 aliphatic rings. The molecule has 0 fully saturated rings. The van der Waals surface area contributed by atoms with E-state index in [-0.39, 0.29) is 0 Å². The predicted molar refractivity (Wildman–Crippen MR) is 35.3 cm³/mol. The fraction of sp³-hybridized carbons (Fsp3) is 0.143. The fourth-order valence-corrected chi connectivity index (χ4v) is 1.60. The van der Waals surface area contributed by atoms with E-state index in [1.54, 1.807) is 0 Å². The van der Waals surface area contributed by atoms with E-state index in [2.05, 4.69) is 25.1 Å². The van der Waals surface area contributed by atoms with Crippen LogP contribution in [0, 0.1) is 6.92 Å². The summed E-state index contributed by atoms with van der Waals surface area (Å²) < 4.78 is 0. The van der Waals surface area contributed by atoms with Crippen LogP contribution in [0.2, 0.25) is 0 Å². The van der Waals surface area contributed by atoms with Gasteiger partial charge in [0.15, 0.2) is 0 Å². The lowest BCUT2D eigenvalue weighted by molar-refractivity contribution is 1.27. The minimum atomic E-state index is 1.42. The first kappa shape index (κ1) is 4.45. The van der Waals surface area contributed by atoms with E-state index >= 15 is 0 Å². The van der Waals surface area contributed by atoms with Gasteiger partial charge in [-0.1, -0.05) is 23.9 Å². The molecule has 1 aliphatic heterocycles. The molecule has 0 aromatic heterocycles. The van der Waals surface area contributed by atoms with Crippen LogP contribution in [0.4, 0.5) is 0 Å². The lowest BCUT2D eigenvalue weighted by Gasteiger charge is -1.80. The molecule has 8 heavy (non-hydrogen) atoms. The molecule has 1 aromatic rings. The van der Waals surface area contributed by atoms with Crippen LogP contribution in [0.25, 0.3) is 0 Å². The van der Waals surface area contributed by atoms with Crippen molar-refractivity contribution in [2.75, 3.05) is 0 Å². The Kier molecular flexibility index (Phi) is 0.717. The Hall–Kier alpha value is -0.430. The molecule has 0 saturated heterocycles. The average Bonchev–Trinajstić information content (AvgIpc) is 2.45. The second kappa shape index (κ2) is 1.29. The molecule has 0 bridgehead atoms. The number of aryl methyl sites for hydroxylation is 1. The van der Waals surface area contributed by atoms with Crippen molar-refractivity contribution < 1.29 is 0 Å². The summed E-state index contributed by atoms with van der Waals surface area (Å²) in [5.74, 6) is 0. The number of hydrogen-bond donors (Lipinski definition) is 0. The maximum Gasteiger partial charge on any atom is 0.0291 e. The van der Waals surface area contributed by atoms with Crippen molar-refractivity contribution in [3.63, 3.8) is 0 Å². The molecule has 0 N–H and O–H groups in total. The first-order valence-electron chi connectivity index (χ1n) is 2.65. The summed E-state index contributed by atoms with van der Waals surface area (Å²) >= 11 is 1.89. The number of benzene rings is 1. The van der Waals surface area contributed by atoms with Crippen molar-refractivity contribution in [2.24, 2.45) is 0 Å². The van der Waals surface area contributed by atoms with Gasteiger partial charge in [0.25, 0.3) is 0 Å². The average molecular weight is 122 g/mol. The molecule has 0 amide bonds. The molecule has 0 saturated carbocycles. The smallest absolute Gasteiger partial charge is 0.0291 e. The number of hydrogen-bond acceptors (Lipinski definition) is 1. The molecule has 0 radical (unpaired) electrons. The molecule has 40 valence electrons. The van der Waals surface area contributed by atoms with Gasteiger partial charge in [-0.05, 0) is 18.6 Å². The molecular weight excluding hydrogens is 116 g/mol. The third kappa shape index (κ3) is 0.480. The van der Waals surface area contributed by atoms with Gasteiger partial charge < -0.3 is 0 Å². The third-order valence-electron chi connectivity index (χ3n) is 1.35. The van der Waals surface area contributed by atoms with E-state index in [1.807, 2.05) is 11.8 Å². The standard InChI is InChI=1S/C7H6S/c1-5-3-2-4-6-7(5)8-6/h2-4H,1H3. The van der Waals surface area contributed by atoms with Crippen molar-refractivity contribution in [3.05, 3.63) is 23.8 Å². The summed E-state index contributed by atoms with van der Waals surface area (Å²) in [6.45, 7) is 2.15. The van der Waals surface area contributed by atoms with Gasteiger partial charge in [-0.3, -0.25) is 0 Å². The predicted octanol–water partition coefficient (Wildman–Crippen LogP) is 2.46. The third-order valence-corrected chi connectivity index (χ3v) is 2.45. The van der Waals surface area contributed by atoms with Crippen molar-refractivity contribution in [1.29, 1.82) is 0 Å². The normalized spacial score (nSPS) is 13.1. The van der Waals surface area contributed by atoms with E-state index < -0.39 is 0 Å². The highest BCUT2D eigenvalue weighted by Gasteiger charge is 2.18. The van der Waals surface area contributed by atoms with Crippen molar-refractivity contribution in [2.45, 2.75) is 16.7 Å². The molecule has 0 atom stereocenters. The summed E-state index contributed by atoms with van der Waals surface area (Å²) in [4.78, 5) is 2.96. The van der Waals surface area contributed by atoms with Crippen LogP contribution >= 0.6 is 11.8 Å². The molecule has 2 rings (SSSR count).